The summed E-state index contributed by atoms with van der Waals surface area (Å²) in [6.07, 6.45) is -4.58. The van der Waals surface area contributed by atoms with E-state index in [1.807, 2.05) is 0 Å². The van der Waals surface area contributed by atoms with Crippen LogP contribution in [0.1, 0.15) is 12.0 Å². The quantitative estimate of drug-likeness (QED) is 0.863. The molecule has 0 fully saturated rings. The highest BCUT2D eigenvalue weighted by Gasteiger charge is 2.34. The third-order valence-corrected chi connectivity index (χ3v) is 4.39. The molecule has 1 unspecified atom stereocenters. The lowest BCUT2D eigenvalue weighted by Gasteiger charge is -2.25. The minimum Gasteiger partial charge on any atom is -0.324 e. The van der Waals surface area contributed by atoms with Crippen LogP contribution in [0.2, 0.25) is 0 Å². The third kappa shape index (κ3) is 3.53. The van der Waals surface area contributed by atoms with E-state index in [2.05, 4.69) is 5.32 Å². The van der Waals surface area contributed by atoms with Crippen LogP contribution >= 0.6 is 11.8 Å². The van der Waals surface area contributed by atoms with Crippen molar-refractivity contribution in [3.8, 4) is 0 Å². The van der Waals surface area contributed by atoms with Gasteiger partial charge in [-0.2, -0.15) is 13.2 Å². The highest BCUT2D eigenvalue weighted by atomic mass is 32.2. The second kappa shape index (κ2) is 6.17. The van der Waals surface area contributed by atoms with Crippen LogP contribution in [0.5, 0.6) is 0 Å². The van der Waals surface area contributed by atoms with Gasteiger partial charge in [0.2, 0.25) is 11.8 Å². The fourth-order valence-corrected chi connectivity index (χ4v) is 2.93. The number of fused-ring (bicyclic) bond motifs is 1. The molecule has 1 aromatic carbocycles. The monoisotopic (exact) mass is 334 g/mol. The molecule has 9 heteroatoms. The van der Waals surface area contributed by atoms with Crippen LogP contribution in [0.15, 0.2) is 23.1 Å². The first kappa shape index (κ1) is 16.6. The van der Waals surface area contributed by atoms with Crippen molar-refractivity contribution in [2.24, 2.45) is 0 Å². The van der Waals surface area contributed by atoms with Crippen molar-refractivity contribution in [1.82, 2.24) is 5.06 Å². The van der Waals surface area contributed by atoms with Crippen molar-refractivity contribution in [2.45, 2.75) is 22.7 Å². The van der Waals surface area contributed by atoms with Crippen LogP contribution in [0, 0.1) is 0 Å². The number of hydrogen-bond acceptors (Lipinski definition) is 4. The zero-order chi connectivity index (χ0) is 16.5. The number of hydrogen-bond donors (Lipinski definition) is 1. The van der Waals surface area contributed by atoms with Crippen molar-refractivity contribution >= 4 is 29.3 Å². The Kier molecular flexibility index (Phi) is 4.66. The zero-order valence-corrected chi connectivity index (χ0v) is 12.5. The molecule has 0 bridgehead atoms. The number of amides is 2. The van der Waals surface area contributed by atoms with E-state index in [1.54, 1.807) is 0 Å². The van der Waals surface area contributed by atoms with Crippen molar-refractivity contribution in [2.75, 3.05) is 19.5 Å². The number of carbonyl (C=O) groups excluding carboxylic acids is 2. The number of anilines is 1. The summed E-state index contributed by atoms with van der Waals surface area (Å²) in [6.45, 7) is 0. The molecule has 1 aliphatic heterocycles. The highest BCUT2D eigenvalue weighted by molar-refractivity contribution is 8.01. The van der Waals surface area contributed by atoms with Gasteiger partial charge in [0.1, 0.15) is 0 Å². The number of rotatable bonds is 3. The molecular formula is C13H13F3N2O3S. The summed E-state index contributed by atoms with van der Waals surface area (Å²) in [5.41, 5.74) is -0.727. The Morgan fingerprint density at radius 3 is 2.73 bits per heavy atom. The van der Waals surface area contributed by atoms with Gasteiger partial charge in [-0.25, -0.2) is 5.06 Å². The molecule has 1 aliphatic rings. The first-order valence-corrected chi connectivity index (χ1v) is 7.09. The lowest BCUT2D eigenvalue weighted by Crippen LogP contribution is -2.35. The predicted molar refractivity (Wildman–Crippen MR) is 74.1 cm³/mol. The van der Waals surface area contributed by atoms with Crippen LogP contribution in [-0.2, 0) is 20.6 Å². The largest absolute Gasteiger partial charge is 0.416 e. The summed E-state index contributed by atoms with van der Waals surface area (Å²) in [6, 6.07) is 3.13. The zero-order valence-electron chi connectivity index (χ0n) is 11.7. The van der Waals surface area contributed by atoms with E-state index in [0.29, 0.717) is 4.90 Å². The number of thioether (sulfide) groups is 1. The van der Waals surface area contributed by atoms with Gasteiger partial charge in [-0.3, -0.25) is 14.4 Å². The number of benzene rings is 1. The fourth-order valence-electron chi connectivity index (χ4n) is 1.85. The molecule has 2 amide bonds. The van der Waals surface area contributed by atoms with Crippen molar-refractivity contribution in [3.63, 3.8) is 0 Å². The SMILES string of the molecule is CON(C)C(=O)CC1Sc2ccc(C(F)(F)F)cc2NC1=O. The second-order valence-electron chi connectivity index (χ2n) is 4.58. The topological polar surface area (TPSA) is 58.6 Å². The number of nitrogens with one attached hydrogen (secondary N) is 1. The molecule has 1 aromatic rings. The Bertz CT molecular complexity index is 607. The molecule has 22 heavy (non-hydrogen) atoms. The second-order valence-corrected chi connectivity index (χ2v) is 5.83. The average molecular weight is 334 g/mol. The molecule has 0 saturated carbocycles. The summed E-state index contributed by atoms with van der Waals surface area (Å²) in [7, 11) is 2.73. The maximum Gasteiger partial charge on any atom is 0.416 e. The Morgan fingerprint density at radius 2 is 2.14 bits per heavy atom. The standard InChI is InChI=1S/C13H13F3N2O3S/c1-18(21-2)11(19)6-10-12(20)17-8-5-7(13(14,15)16)3-4-9(8)22-10/h3-5,10H,6H2,1-2H3,(H,17,20). The van der Waals surface area contributed by atoms with Gasteiger partial charge in [0.15, 0.2) is 0 Å². The Hall–Kier alpha value is -1.74. The molecule has 1 N–H and O–H groups in total. The molecular weight excluding hydrogens is 321 g/mol. The Labute approximate surface area is 128 Å². The molecule has 0 aliphatic carbocycles. The number of nitrogens with zero attached hydrogens (tertiary/aromatic N) is 1. The lowest BCUT2D eigenvalue weighted by molar-refractivity contribution is -0.168. The lowest BCUT2D eigenvalue weighted by atomic mass is 10.1. The van der Waals surface area contributed by atoms with E-state index < -0.39 is 28.8 Å². The highest BCUT2D eigenvalue weighted by Crippen LogP contribution is 2.40. The molecule has 0 spiro atoms. The first-order valence-electron chi connectivity index (χ1n) is 6.22. The number of alkyl halides is 3. The predicted octanol–water partition coefficient (Wildman–Crippen LogP) is 2.53. The van der Waals surface area contributed by atoms with Gasteiger partial charge < -0.3 is 5.32 Å². The van der Waals surface area contributed by atoms with Crippen molar-refractivity contribution < 1.29 is 27.6 Å². The van der Waals surface area contributed by atoms with E-state index in [4.69, 9.17) is 4.84 Å². The average Bonchev–Trinajstić information content (AvgIpc) is 2.45. The Morgan fingerprint density at radius 1 is 1.45 bits per heavy atom. The summed E-state index contributed by atoms with van der Waals surface area (Å²) in [5.74, 6) is -0.903. The molecule has 1 heterocycles. The number of hydroxylamine groups is 2. The van der Waals surface area contributed by atoms with E-state index in [1.165, 1.54) is 20.2 Å². The van der Waals surface area contributed by atoms with Gasteiger partial charge in [0.25, 0.3) is 0 Å². The summed E-state index contributed by atoms with van der Waals surface area (Å²) in [5, 5.41) is 2.70. The summed E-state index contributed by atoms with van der Waals surface area (Å²) in [4.78, 5) is 28.9. The Balaban J connectivity index is 2.17. The smallest absolute Gasteiger partial charge is 0.324 e. The molecule has 0 aromatic heterocycles. The summed E-state index contributed by atoms with van der Waals surface area (Å²) < 4.78 is 37.9. The normalized spacial score (nSPS) is 17.7. The first-order chi connectivity index (χ1) is 10.2. The van der Waals surface area contributed by atoms with Crippen LogP contribution in [-0.4, -0.2) is 36.3 Å². The van der Waals surface area contributed by atoms with Gasteiger partial charge in [-0.1, -0.05) is 0 Å². The minimum absolute atomic E-state index is 0.105. The number of carbonyl (C=O) groups is 2. The maximum absolute atomic E-state index is 12.6. The van der Waals surface area contributed by atoms with Crippen molar-refractivity contribution in [1.29, 1.82) is 0 Å². The molecule has 0 saturated heterocycles. The van der Waals surface area contributed by atoms with Gasteiger partial charge in [0, 0.05) is 11.9 Å². The van der Waals surface area contributed by atoms with Crippen LogP contribution < -0.4 is 5.32 Å². The van der Waals surface area contributed by atoms with Crippen LogP contribution in [0.3, 0.4) is 0 Å². The molecule has 120 valence electrons. The molecule has 5 nitrogen and oxygen atoms in total. The molecule has 0 radical (unpaired) electrons. The molecule has 2 rings (SSSR count). The van der Waals surface area contributed by atoms with E-state index in [9.17, 15) is 22.8 Å². The van der Waals surface area contributed by atoms with Gasteiger partial charge in [-0.05, 0) is 18.2 Å². The number of halogens is 3. The van der Waals surface area contributed by atoms with E-state index in [-0.39, 0.29) is 12.1 Å². The summed E-state index contributed by atoms with van der Waals surface area (Å²) >= 11 is 1.06. The third-order valence-electron chi connectivity index (χ3n) is 3.11. The van der Waals surface area contributed by atoms with Crippen LogP contribution in [0.4, 0.5) is 18.9 Å². The van der Waals surface area contributed by atoms with Gasteiger partial charge in [0.05, 0.1) is 30.0 Å². The van der Waals surface area contributed by atoms with Crippen molar-refractivity contribution in [3.05, 3.63) is 23.8 Å². The van der Waals surface area contributed by atoms with E-state index >= 15 is 0 Å². The van der Waals surface area contributed by atoms with Gasteiger partial charge >= 0.3 is 6.18 Å². The maximum atomic E-state index is 12.6. The van der Waals surface area contributed by atoms with E-state index in [0.717, 1.165) is 29.0 Å². The molecule has 1 atom stereocenters. The van der Waals surface area contributed by atoms with Crippen LogP contribution in [0.25, 0.3) is 0 Å². The minimum atomic E-state index is -4.47. The van der Waals surface area contributed by atoms with Gasteiger partial charge in [-0.15, -0.1) is 11.8 Å². The fraction of sp³-hybridized carbons (Fsp3) is 0.385.